The number of esters is 1. The van der Waals surface area contributed by atoms with Gasteiger partial charge in [-0.1, -0.05) is 0 Å². The van der Waals surface area contributed by atoms with Gasteiger partial charge in [-0.15, -0.1) is 0 Å². The molecule has 0 N–H and O–H groups in total. The van der Waals surface area contributed by atoms with E-state index in [4.69, 9.17) is 4.74 Å². The van der Waals surface area contributed by atoms with Crippen LogP contribution in [0.5, 0.6) is 5.88 Å². The summed E-state index contributed by atoms with van der Waals surface area (Å²) in [5.74, 6) is -0.123. The highest BCUT2D eigenvalue weighted by molar-refractivity contribution is 5.87. The third-order valence-electron chi connectivity index (χ3n) is 3.18. The predicted molar refractivity (Wildman–Crippen MR) is 76.3 cm³/mol. The van der Waals surface area contributed by atoms with Gasteiger partial charge >= 0.3 is 5.97 Å². The topological polar surface area (TPSA) is 65.7 Å². The second kappa shape index (κ2) is 5.44. The lowest BCUT2D eigenvalue weighted by Crippen LogP contribution is -2.08. The molecule has 2 aromatic heterocycles. The van der Waals surface area contributed by atoms with E-state index < -0.39 is 5.97 Å². The highest BCUT2D eigenvalue weighted by Gasteiger charge is 2.17. The molecule has 0 unspecified atom stereocenters. The zero-order valence-corrected chi connectivity index (χ0v) is 11.9. The van der Waals surface area contributed by atoms with Gasteiger partial charge in [0.25, 0.3) is 0 Å². The van der Waals surface area contributed by atoms with Crippen molar-refractivity contribution in [3.05, 3.63) is 48.2 Å². The Labute approximate surface area is 125 Å². The van der Waals surface area contributed by atoms with Crippen molar-refractivity contribution in [1.29, 1.82) is 0 Å². The number of fused-ring (bicyclic) bond motifs is 1. The fraction of sp³-hybridized carbons (Fsp3) is 0.133. The molecule has 0 saturated heterocycles. The number of aromatic nitrogens is 3. The molecule has 0 fully saturated rings. The van der Waals surface area contributed by atoms with Crippen molar-refractivity contribution in [2.24, 2.45) is 0 Å². The number of ether oxygens (including phenoxy) is 2. The molecule has 0 aliphatic heterocycles. The molecule has 0 amide bonds. The Balaban J connectivity index is 2.24. The molecular weight excluding hydrogens is 289 g/mol. The van der Waals surface area contributed by atoms with Crippen molar-refractivity contribution in [3.8, 4) is 17.3 Å². The quantitative estimate of drug-likeness (QED) is 0.695. The minimum Gasteiger partial charge on any atom is -0.479 e. The molecular formula is C15H12FN3O3. The number of methoxy groups -OCH3 is 2. The third-order valence-corrected chi connectivity index (χ3v) is 3.18. The average molecular weight is 301 g/mol. The monoisotopic (exact) mass is 301 g/mol. The number of carbonyl (C=O) groups is 1. The van der Waals surface area contributed by atoms with Crippen molar-refractivity contribution < 1.29 is 18.7 Å². The zero-order chi connectivity index (χ0) is 15.7. The van der Waals surface area contributed by atoms with Crippen LogP contribution < -0.4 is 4.74 Å². The van der Waals surface area contributed by atoms with Crippen LogP contribution in [0.4, 0.5) is 4.39 Å². The predicted octanol–water partition coefficient (Wildman–Crippen LogP) is 2.33. The van der Waals surface area contributed by atoms with E-state index in [1.54, 1.807) is 22.7 Å². The number of benzene rings is 1. The van der Waals surface area contributed by atoms with Gasteiger partial charge in [-0.25, -0.2) is 19.2 Å². The van der Waals surface area contributed by atoms with Crippen molar-refractivity contribution in [2.75, 3.05) is 14.2 Å². The van der Waals surface area contributed by atoms with E-state index in [1.165, 1.54) is 32.5 Å². The lowest BCUT2D eigenvalue weighted by Gasteiger charge is -2.07. The smallest absolute Gasteiger partial charge is 0.358 e. The summed E-state index contributed by atoms with van der Waals surface area (Å²) in [6.45, 7) is 0. The summed E-state index contributed by atoms with van der Waals surface area (Å²) in [6, 6.07) is 5.90. The Morgan fingerprint density at radius 1 is 1.23 bits per heavy atom. The zero-order valence-electron chi connectivity index (χ0n) is 11.9. The fourth-order valence-corrected chi connectivity index (χ4v) is 2.13. The molecule has 0 atom stereocenters. The Bertz CT molecular complexity index is 843. The van der Waals surface area contributed by atoms with Gasteiger partial charge < -0.3 is 9.47 Å². The third kappa shape index (κ3) is 2.26. The largest absolute Gasteiger partial charge is 0.479 e. The molecule has 0 aliphatic rings. The van der Waals surface area contributed by atoms with Gasteiger partial charge in [0.2, 0.25) is 5.88 Å². The summed E-state index contributed by atoms with van der Waals surface area (Å²) in [6.07, 6.45) is 3.08. The van der Waals surface area contributed by atoms with Crippen LogP contribution in [0.15, 0.2) is 36.7 Å². The lowest BCUT2D eigenvalue weighted by molar-refractivity contribution is 0.0592. The number of rotatable bonds is 3. The van der Waals surface area contributed by atoms with Crippen LogP contribution in [0.1, 0.15) is 10.5 Å². The molecule has 0 bridgehead atoms. The Kier molecular flexibility index (Phi) is 3.46. The molecule has 2 heterocycles. The van der Waals surface area contributed by atoms with E-state index in [-0.39, 0.29) is 17.4 Å². The number of carbonyl (C=O) groups excluding carboxylic acids is 1. The van der Waals surface area contributed by atoms with Crippen LogP contribution in [0.3, 0.4) is 0 Å². The number of hydrogen-bond acceptors (Lipinski definition) is 5. The first-order valence-corrected chi connectivity index (χ1v) is 6.40. The van der Waals surface area contributed by atoms with Gasteiger partial charge in [0.1, 0.15) is 17.2 Å². The maximum absolute atomic E-state index is 13.1. The highest BCUT2D eigenvalue weighted by atomic mass is 19.1. The van der Waals surface area contributed by atoms with Gasteiger partial charge in [0, 0.05) is 11.8 Å². The first kappa shape index (κ1) is 14.0. The van der Waals surface area contributed by atoms with E-state index in [0.717, 1.165) is 0 Å². The maximum atomic E-state index is 13.1. The molecule has 1 aromatic carbocycles. The average Bonchev–Trinajstić information content (AvgIpc) is 2.97. The molecule has 6 nitrogen and oxygen atoms in total. The SMILES string of the molecule is COC(=O)c1cn2c(-c3ccc(F)cc3)ncc2c(OC)n1. The minimum absolute atomic E-state index is 0.0909. The number of imidazole rings is 1. The van der Waals surface area contributed by atoms with Gasteiger partial charge in [-0.2, -0.15) is 0 Å². The van der Waals surface area contributed by atoms with Crippen LogP contribution >= 0.6 is 0 Å². The highest BCUT2D eigenvalue weighted by Crippen LogP contribution is 2.25. The lowest BCUT2D eigenvalue weighted by atomic mass is 10.2. The first-order chi connectivity index (χ1) is 10.6. The molecule has 0 saturated carbocycles. The molecule has 112 valence electrons. The molecule has 0 radical (unpaired) electrons. The van der Waals surface area contributed by atoms with Crippen LogP contribution in [0.2, 0.25) is 0 Å². The van der Waals surface area contributed by atoms with Crippen LogP contribution in [-0.2, 0) is 4.74 Å². The van der Waals surface area contributed by atoms with Crippen molar-refractivity contribution in [2.45, 2.75) is 0 Å². The van der Waals surface area contributed by atoms with Gasteiger partial charge in [0.05, 0.1) is 20.4 Å². The number of halogens is 1. The number of hydrogen-bond donors (Lipinski definition) is 0. The molecule has 7 heteroatoms. The Morgan fingerprint density at radius 3 is 2.59 bits per heavy atom. The normalized spacial score (nSPS) is 10.7. The Morgan fingerprint density at radius 2 is 1.95 bits per heavy atom. The molecule has 0 aliphatic carbocycles. The van der Waals surface area contributed by atoms with Crippen molar-refractivity contribution in [1.82, 2.24) is 14.4 Å². The van der Waals surface area contributed by atoms with Crippen LogP contribution in [-0.4, -0.2) is 34.6 Å². The molecule has 22 heavy (non-hydrogen) atoms. The number of nitrogens with zero attached hydrogens (tertiary/aromatic N) is 3. The van der Waals surface area contributed by atoms with E-state index in [9.17, 15) is 9.18 Å². The second-order valence-corrected chi connectivity index (χ2v) is 4.47. The molecule has 0 spiro atoms. The first-order valence-electron chi connectivity index (χ1n) is 6.40. The van der Waals surface area contributed by atoms with E-state index in [1.807, 2.05) is 0 Å². The van der Waals surface area contributed by atoms with Crippen molar-refractivity contribution in [3.63, 3.8) is 0 Å². The summed E-state index contributed by atoms with van der Waals surface area (Å²) in [5.41, 5.74) is 1.38. The van der Waals surface area contributed by atoms with Crippen molar-refractivity contribution >= 4 is 11.5 Å². The standard InChI is InChI=1S/C15H12FN3O3/c1-21-14-12-7-17-13(9-3-5-10(16)6-4-9)19(12)8-11(18-14)15(20)22-2/h3-8H,1-2H3. The van der Waals surface area contributed by atoms with Crippen LogP contribution in [0.25, 0.3) is 16.9 Å². The fourth-order valence-electron chi connectivity index (χ4n) is 2.13. The van der Waals surface area contributed by atoms with E-state index in [0.29, 0.717) is 16.9 Å². The Hall–Kier alpha value is -2.96. The summed E-state index contributed by atoms with van der Waals surface area (Å²) in [5, 5.41) is 0. The van der Waals surface area contributed by atoms with Crippen LogP contribution in [0, 0.1) is 5.82 Å². The molecule has 3 aromatic rings. The van der Waals surface area contributed by atoms with E-state index >= 15 is 0 Å². The van der Waals surface area contributed by atoms with Gasteiger partial charge in [-0.3, -0.25) is 4.40 Å². The van der Waals surface area contributed by atoms with E-state index in [2.05, 4.69) is 14.7 Å². The van der Waals surface area contributed by atoms with Gasteiger partial charge in [0.15, 0.2) is 5.69 Å². The summed E-state index contributed by atoms with van der Waals surface area (Å²) < 4.78 is 24.6. The van der Waals surface area contributed by atoms with Gasteiger partial charge in [-0.05, 0) is 24.3 Å². The second-order valence-electron chi connectivity index (χ2n) is 4.47. The summed E-state index contributed by atoms with van der Waals surface area (Å²) in [4.78, 5) is 20.1. The maximum Gasteiger partial charge on any atom is 0.358 e. The molecule has 3 rings (SSSR count). The summed E-state index contributed by atoms with van der Waals surface area (Å²) >= 11 is 0. The minimum atomic E-state index is -0.584. The summed E-state index contributed by atoms with van der Waals surface area (Å²) in [7, 11) is 2.73.